The van der Waals surface area contributed by atoms with Crippen molar-refractivity contribution < 1.29 is 27.5 Å². The van der Waals surface area contributed by atoms with Crippen molar-refractivity contribution in [2.75, 3.05) is 18.5 Å². The molecule has 0 unspecified atom stereocenters. The van der Waals surface area contributed by atoms with E-state index >= 15 is 0 Å². The zero-order valence-electron chi connectivity index (χ0n) is 15.8. The van der Waals surface area contributed by atoms with Gasteiger partial charge < -0.3 is 14.8 Å². The van der Waals surface area contributed by atoms with Crippen molar-refractivity contribution in [2.45, 2.75) is 25.7 Å². The number of hydrogen-bond donors (Lipinski definition) is 2. The standard InChI is InChI=1S/C19H22N2O6S/c1-12-7-13(2)19(14(3)8-12)27-11-18(23)26-10-17(22)21-15-5-4-6-16(9-15)28(20,24)25/h4-9H,10-11H2,1-3H3,(H,21,22)(H2,20,24,25). The van der Waals surface area contributed by atoms with Crippen LogP contribution in [0.25, 0.3) is 0 Å². The lowest BCUT2D eigenvalue weighted by molar-refractivity contribution is -0.149. The molecule has 0 heterocycles. The van der Waals surface area contributed by atoms with Gasteiger partial charge in [0.2, 0.25) is 10.0 Å². The van der Waals surface area contributed by atoms with Gasteiger partial charge in [-0.25, -0.2) is 18.4 Å². The van der Waals surface area contributed by atoms with E-state index in [2.05, 4.69) is 5.32 Å². The molecule has 2 aromatic rings. The van der Waals surface area contributed by atoms with Crippen molar-refractivity contribution in [2.24, 2.45) is 5.14 Å². The van der Waals surface area contributed by atoms with Gasteiger partial charge in [0.1, 0.15) is 5.75 Å². The number of carbonyl (C=O) groups excluding carboxylic acids is 2. The fourth-order valence-corrected chi connectivity index (χ4v) is 3.22. The highest BCUT2D eigenvalue weighted by Crippen LogP contribution is 2.24. The minimum atomic E-state index is -3.88. The van der Waals surface area contributed by atoms with Crippen LogP contribution in [0.4, 0.5) is 5.69 Å². The molecular formula is C19H22N2O6S. The SMILES string of the molecule is Cc1cc(C)c(OCC(=O)OCC(=O)Nc2cccc(S(N)(=O)=O)c2)c(C)c1. The molecule has 2 aromatic carbocycles. The van der Waals surface area contributed by atoms with Gasteiger partial charge in [-0.05, 0) is 50.1 Å². The molecule has 8 nitrogen and oxygen atoms in total. The summed E-state index contributed by atoms with van der Waals surface area (Å²) in [5.41, 5.74) is 3.11. The van der Waals surface area contributed by atoms with Crippen molar-refractivity contribution >= 4 is 27.6 Å². The van der Waals surface area contributed by atoms with E-state index in [1.807, 2.05) is 32.9 Å². The minimum Gasteiger partial charge on any atom is -0.481 e. The molecule has 28 heavy (non-hydrogen) atoms. The first-order valence-electron chi connectivity index (χ1n) is 8.35. The molecular weight excluding hydrogens is 384 g/mol. The van der Waals surface area contributed by atoms with E-state index in [9.17, 15) is 18.0 Å². The van der Waals surface area contributed by atoms with Gasteiger partial charge in [0.25, 0.3) is 5.91 Å². The van der Waals surface area contributed by atoms with Crippen LogP contribution in [0.3, 0.4) is 0 Å². The van der Waals surface area contributed by atoms with Crippen molar-refractivity contribution in [1.29, 1.82) is 0 Å². The predicted octanol–water partition coefficient (Wildman–Crippen LogP) is 1.82. The van der Waals surface area contributed by atoms with E-state index < -0.39 is 28.5 Å². The number of hydrogen-bond acceptors (Lipinski definition) is 6. The summed E-state index contributed by atoms with van der Waals surface area (Å²) in [5, 5.41) is 7.47. The van der Waals surface area contributed by atoms with Crippen molar-refractivity contribution in [3.63, 3.8) is 0 Å². The summed E-state index contributed by atoms with van der Waals surface area (Å²) in [6.07, 6.45) is 0. The monoisotopic (exact) mass is 406 g/mol. The molecule has 0 radical (unpaired) electrons. The smallest absolute Gasteiger partial charge is 0.344 e. The largest absolute Gasteiger partial charge is 0.481 e. The van der Waals surface area contributed by atoms with Crippen LogP contribution in [0.1, 0.15) is 16.7 Å². The molecule has 0 fully saturated rings. The molecule has 2 rings (SSSR count). The highest BCUT2D eigenvalue weighted by atomic mass is 32.2. The Morgan fingerprint density at radius 1 is 1.04 bits per heavy atom. The highest BCUT2D eigenvalue weighted by Gasteiger charge is 2.13. The molecule has 1 amide bonds. The van der Waals surface area contributed by atoms with Crippen LogP contribution in [-0.2, 0) is 24.3 Å². The normalized spacial score (nSPS) is 11.0. The Bertz CT molecular complexity index is 978. The Labute approximate surface area is 163 Å². The average molecular weight is 406 g/mol. The number of esters is 1. The molecule has 0 aliphatic heterocycles. The lowest BCUT2D eigenvalue weighted by Crippen LogP contribution is -2.24. The third kappa shape index (κ3) is 6.07. The topological polar surface area (TPSA) is 125 Å². The first-order valence-corrected chi connectivity index (χ1v) is 9.90. The van der Waals surface area contributed by atoms with Gasteiger partial charge in [-0.1, -0.05) is 23.8 Å². The van der Waals surface area contributed by atoms with Gasteiger partial charge in [-0.15, -0.1) is 0 Å². The summed E-state index contributed by atoms with van der Waals surface area (Å²) in [4.78, 5) is 23.6. The number of aryl methyl sites for hydroxylation is 3. The summed E-state index contributed by atoms with van der Waals surface area (Å²) in [6, 6.07) is 9.31. The Balaban J connectivity index is 1.86. The lowest BCUT2D eigenvalue weighted by Gasteiger charge is -2.13. The number of amides is 1. The second-order valence-electron chi connectivity index (χ2n) is 6.30. The Morgan fingerprint density at radius 3 is 2.29 bits per heavy atom. The van der Waals surface area contributed by atoms with Crippen molar-refractivity contribution in [3.8, 4) is 5.75 Å². The third-order valence-corrected chi connectivity index (χ3v) is 4.66. The highest BCUT2D eigenvalue weighted by molar-refractivity contribution is 7.89. The van der Waals surface area contributed by atoms with E-state index in [-0.39, 0.29) is 17.2 Å². The van der Waals surface area contributed by atoms with Crippen molar-refractivity contribution in [3.05, 3.63) is 53.1 Å². The number of nitrogens with two attached hydrogens (primary N) is 1. The van der Waals surface area contributed by atoms with Gasteiger partial charge in [-0.2, -0.15) is 0 Å². The minimum absolute atomic E-state index is 0.139. The predicted molar refractivity (Wildman–Crippen MR) is 104 cm³/mol. The molecule has 0 aliphatic carbocycles. The molecule has 0 saturated heterocycles. The van der Waals surface area contributed by atoms with E-state index in [4.69, 9.17) is 14.6 Å². The number of carbonyl (C=O) groups is 2. The molecule has 0 bridgehead atoms. The van der Waals surface area contributed by atoms with Gasteiger partial charge in [-0.3, -0.25) is 4.79 Å². The second-order valence-corrected chi connectivity index (χ2v) is 7.86. The quantitative estimate of drug-likeness (QED) is 0.676. The number of primary sulfonamides is 1. The molecule has 0 atom stereocenters. The molecule has 150 valence electrons. The molecule has 9 heteroatoms. The zero-order chi connectivity index (χ0) is 20.9. The maximum Gasteiger partial charge on any atom is 0.344 e. The summed E-state index contributed by atoms with van der Waals surface area (Å²) in [5.74, 6) is -0.720. The molecule has 3 N–H and O–H groups in total. The molecule has 0 aromatic heterocycles. The number of benzene rings is 2. The van der Waals surface area contributed by atoms with Crippen molar-refractivity contribution in [1.82, 2.24) is 0 Å². The number of ether oxygens (including phenoxy) is 2. The number of anilines is 1. The maximum atomic E-state index is 11.9. The molecule has 0 spiro atoms. The summed E-state index contributed by atoms with van der Waals surface area (Å²) in [6.45, 7) is 4.86. The summed E-state index contributed by atoms with van der Waals surface area (Å²) in [7, 11) is -3.88. The van der Waals surface area contributed by atoms with Gasteiger partial charge >= 0.3 is 5.97 Å². The Morgan fingerprint density at radius 2 is 1.68 bits per heavy atom. The van der Waals surface area contributed by atoms with Crippen LogP contribution in [-0.4, -0.2) is 33.5 Å². The number of rotatable bonds is 7. The van der Waals surface area contributed by atoms with Crippen LogP contribution in [0.2, 0.25) is 0 Å². The lowest BCUT2D eigenvalue weighted by atomic mass is 10.1. The van der Waals surface area contributed by atoms with Crippen LogP contribution >= 0.6 is 0 Å². The van der Waals surface area contributed by atoms with Gasteiger partial charge in [0.15, 0.2) is 13.2 Å². The number of nitrogens with one attached hydrogen (secondary N) is 1. The van der Waals surface area contributed by atoms with E-state index in [1.54, 1.807) is 0 Å². The van der Waals surface area contributed by atoms with E-state index in [0.29, 0.717) is 5.75 Å². The van der Waals surface area contributed by atoms with Crippen LogP contribution in [0.15, 0.2) is 41.3 Å². The Kier molecular flexibility index (Phi) is 6.76. The van der Waals surface area contributed by atoms with Crippen LogP contribution < -0.4 is 15.2 Å². The molecule has 0 aliphatic rings. The van der Waals surface area contributed by atoms with E-state index in [0.717, 1.165) is 16.7 Å². The van der Waals surface area contributed by atoms with Crippen LogP contribution in [0, 0.1) is 20.8 Å². The first-order chi connectivity index (χ1) is 13.1. The van der Waals surface area contributed by atoms with Gasteiger partial charge in [0, 0.05) is 5.69 Å². The molecule has 0 saturated carbocycles. The third-order valence-electron chi connectivity index (χ3n) is 3.75. The Hall–Kier alpha value is -2.91. The zero-order valence-corrected chi connectivity index (χ0v) is 16.6. The fourth-order valence-electron chi connectivity index (χ4n) is 2.66. The van der Waals surface area contributed by atoms with Crippen LogP contribution in [0.5, 0.6) is 5.75 Å². The maximum absolute atomic E-state index is 11.9. The van der Waals surface area contributed by atoms with Gasteiger partial charge in [0.05, 0.1) is 4.90 Å². The fraction of sp³-hybridized carbons (Fsp3) is 0.263. The summed E-state index contributed by atoms with van der Waals surface area (Å²) < 4.78 is 33.0. The summed E-state index contributed by atoms with van der Waals surface area (Å²) >= 11 is 0. The average Bonchev–Trinajstić information content (AvgIpc) is 2.58. The first kappa shape index (κ1) is 21.4. The number of sulfonamides is 1. The second kappa shape index (κ2) is 8.85. The van der Waals surface area contributed by atoms with E-state index in [1.165, 1.54) is 24.3 Å².